The summed E-state index contributed by atoms with van der Waals surface area (Å²) in [5.74, 6) is -0.494. The quantitative estimate of drug-likeness (QED) is 0.684. The number of ether oxygens (including phenoxy) is 2. The summed E-state index contributed by atoms with van der Waals surface area (Å²) in [5.41, 5.74) is 1.08. The van der Waals surface area contributed by atoms with E-state index in [2.05, 4.69) is 31.0 Å². The fourth-order valence-electron chi connectivity index (χ4n) is 4.36. The lowest BCUT2D eigenvalue weighted by atomic mass is 10.0. The number of amides is 2. The van der Waals surface area contributed by atoms with Crippen LogP contribution in [0.4, 0.5) is 10.1 Å². The molecule has 1 heterocycles. The van der Waals surface area contributed by atoms with E-state index in [1.165, 1.54) is 18.2 Å². The average Bonchev–Trinajstić information content (AvgIpc) is 2.84. The lowest BCUT2D eigenvalue weighted by Gasteiger charge is -2.35. The minimum Gasteiger partial charge on any atom is -0.491 e. The zero-order valence-electron chi connectivity index (χ0n) is 21.2. The number of nitrogens with one attached hydrogen (secondary N) is 1. The zero-order chi connectivity index (χ0) is 25.5. The highest BCUT2D eigenvalue weighted by molar-refractivity contribution is 6.05. The van der Waals surface area contributed by atoms with Crippen LogP contribution in [0.2, 0.25) is 0 Å². The molecule has 0 spiro atoms. The van der Waals surface area contributed by atoms with E-state index in [0.29, 0.717) is 30.2 Å². The molecular weight excluding hydrogens is 449 g/mol. The highest BCUT2D eigenvalue weighted by Gasteiger charge is 2.28. The first-order valence-corrected chi connectivity index (χ1v) is 12.1. The molecule has 0 radical (unpaired) electrons. The van der Waals surface area contributed by atoms with Crippen LogP contribution in [0.3, 0.4) is 0 Å². The van der Waals surface area contributed by atoms with Crippen LogP contribution in [-0.2, 0) is 4.74 Å². The minimum atomic E-state index is -0.485. The van der Waals surface area contributed by atoms with Gasteiger partial charge in [-0.05, 0) is 56.1 Å². The van der Waals surface area contributed by atoms with E-state index in [-0.39, 0.29) is 29.5 Å². The summed E-state index contributed by atoms with van der Waals surface area (Å²) in [5, 5.41) is 2.77. The molecule has 3 rings (SSSR count). The molecule has 0 aliphatic carbocycles. The Morgan fingerprint density at radius 3 is 2.66 bits per heavy atom. The summed E-state index contributed by atoms with van der Waals surface area (Å²) in [6.45, 7) is 9.00. The summed E-state index contributed by atoms with van der Waals surface area (Å²) in [4.78, 5) is 30.0. The van der Waals surface area contributed by atoms with Gasteiger partial charge in [-0.2, -0.15) is 0 Å². The monoisotopic (exact) mass is 485 g/mol. The number of carbonyl (C=O) groups excluding carboxylic acids is 2. The first-order chi connectivity index (χ1) is 16.7. The number of carbonyl (C=O) groups is 2. The molecule has 0 bridgehead atoms. The molecule has 0 aromatic heterocycles. The second kappa shape index (κ2) is 12.1. The molecule has 35 heavy (non-hydrogen) atoms. The van der Waals surface area contributed by atoms with Crippen LogP contribution in [0.15, 0.2) is 42.5 Å². The van der Waals surface area contributed by atoms with Crippen LogP contribution in [0.25, 0.3) is 0 Å². The number of hydrogen-bond donors (Lipinski definition) is 1. The van der Waals surface area contributed by atoms with Crippen molar-refractivity contribution >= 4 is 17.5 Å². The van der Waals surface area contributed by atoms with Gasteiger partial charge in [0.15, 0.2) is 0 Å². The molecule has 2 aromatic carbocycles. The Kier molecular flexibility index (Phi) is 9.23. The highest BCUT2D eigenvalue weighted by Crippen LogP contribution is 2.27. The average molecular weight is 486 g/mol. The molecule has 2 aromatic rings. The maximum Gasteiger partial charge on any atom is 0.257 e. The van der Waals surface area contributed by atoms with Crippen molar-refractivity contribution in [2.75, 3.05) is 45.7 Å². The standard InChI is InChI=1S/C27H36FN3O4/c1-6-12-31-15-18(2)25(34-5)16-30(4)27(33)23-11-10-22(14-24(23)35-17-19(31)3)29-26(32)20-8-7-9-21(28)13-20/h7-11,13-14,18-19,25H,6,12,15-17H2,1-5H3,(H,29,32)/t18-,19-,25+/m1/s1. The van der Waals surface area contributed by atoms with Gasteiger partial charge in [-0.15, -0.1) is 0 Å². The molecule has 0 saturated heterocycles. The van der Waals surface area contributed by atoms with Gasteiger partial charge in [0, 0.05) is 50.6 Å². The Bertz CT molecular complexity index is 1030. The molecule has 0 unspecified atom stereocenters. The number of likely N-dealkylation sites (N-methyl/N-ethyl adjacent to an activating group) is 1. The van der Waals surface area contributed by atoms with Crippen molar-refractivity contribution in [3.63, 3.8) is 0 Å². The normalized spacial score (nSPS) is 21.9. The third-order valence-corrected chi connectivity index (χ3v) is 6.43. The Morgan fingerprint density at radius 2 is 1.97 bits per heavy atom. The van der Waals surface area contributed by atoms with Gasteiger partial charge in [-0.3, -0.25) is 14.5 Å². The predicted octanol–water partition coefficient (Wildman–Crippen LogP) is 4.29. The number of fused-ring (bicyclic) bond motifs is 1. The second-order valence-corrected chi connectivity index (χ2v) is 9.27. The molecule has 0 fully saturated rings. The number of nitrogens with zero attached hydrogens (tertiary/aromatic N) is 2. The molecule has 1 N–H and O–H groups in total. The summed E-state index contributed by atoms with van der Waals surface area (Å²) in [7, 11) is 3.44. The van der Waals surface area contributed by atoms with Crippen molar-refractivity contribution in [1.29, 1.82) is 0 Å². The van der Waals surface area contributed by atoms with Gasteiger partial charge in [-0.1, -0.05) is 19.9 Å². The Morgan fingerprint density at radius 1 is 1.20 bits per heavy atom. The van der Waals surface area contributed by atoms with Crippen molar-refractivity contribution in [3.8, 4) is 5.75 Å². The SMILES string of the molecule is CCCN1C[C@@H](C)[C@@H](OC)CN(C)C(=O)c2ccc(NC(=O)c3cccc(F)c3)cc2OC[C@H]1C. The van der Waals surface area contributed by atoms with Crippen LogP contribution < -0.4 is 10.1 Å². The lowest BCUT2D eigenvalue weighted by molar-refractivity contribution is 0.0108. The summed E-state index contributed by atoms with van der Waals surface area (Å²) >= 11 is 0. The van der Waals surface area contributed by atoms with E-state index in [1.54, 1.807) is 43.3 Å². The van der Waals surface area contributed by atoms with Gasteiger partial charge < -0.3 is 19.7 Å². The lowest BCUT2D eigenvalue weighted by Crippen LogP contribution is -2.46. The number of anilines is 1. The second-order valence-electron chi connectivity index (χ2n) is 9.27. The van der Waals surface area contributed by atoms with Gasteiger partial charge in [-0.25, -0.2) is 4.39 Å². The van der Waals surface area contributed by atoms with E-state index in [4.69, 9.17) is 9.47 Å². The Hall–Kier alpha value is -2.97. The molecule has 8 heteroatoms. The van der Waals surface area contributed by atoms with Crippen LogP contribution >= 0.6 is 0 Å². The van der Waals surface area contributed by atoms with Gasteiger partial charge in [0.25, 0.3) is 11.8 Å². The first kappa shape index (κ1) is 26.6. The van der Waals surface area contributed by atoms with Crippen molar-refractivity contribution in [3.05, 3.63) is 59.4 Å². The summed E-state index contributed by atoms with van der Waals surface area (Å²) in [6.07, 6.45) is 0.907. The first-order valence-electron chi connectivity index (χ1n) is 12.1. The van der Waals surface area contributed by atoms with Crippen LogP contribution in [0, 0.1) is 11.7 Å². The Labute approximate surface area is 207 Å². The molecule has 3 atom stereocenters. The molecule has 0 saturated carbocycles. The number of rotatable bonds is 5. The molecule has 2 amide bonds. The zero-order valence-corrected chi connectivity index (χ0v) is 21.2. The van der Waals surface area contributed by atoms with E-state index < -0.39 is 11.7 Å². The van der Waals surface area contributed by atoms with Gasteiger partial charge in [0.1, 0.15) is 18.2 Å². The maximum atomic E-state index is 13.5. The largest absolute Gasteiger partial charge is 0.491 e. The maximum absolute atomic E-state index is 13.5. The number of hydrogen-bond acceptors (Lipinski definition) is 5. The predicted molar refractivity (Wildman–Crippen MR) is 135 cm³/mol. The van der Waals surface area contributed by atoms with Crippen LogP contribution in [-0.4, -0.2) is 74.2 Å². The van der Waals surface area contributed by atoms with Crippen molar-refractivity contribution < 1.29 is 23.5 Å². The molecule has 1 aliphatic rings. The topological polar surface area (TPSA) is 71.1 Å². The molecule has 190 valence electrons. The van der Waals surface area contributed by atoms with E-state index in [1.807, 2.05) is 0 Å². The Balaban J connectivity index is 1.91. The molecule has 7 nitrogen and oxygen atoms in total. The third-order valence-electron chi connectivity index (χ3n) is 6.43. The number of halogens is 1. The third kappa shape index (κ3) is 6.80. The fourth-order valence-corrected chi connectivity index (χ4v) is 4.36. The van der Waals surface area contributed by atoms with Gasteiger partial charge in [0.2, 0.25) is 0 Å². The molecule has 1 aliphatic heterocycles. The van der Waals surface area contributed by atoms with Crippen LogP contribution in [0.5, 0.6) is 5.75 Å². The van der Waals surface area contributed by atoms with Crippen molar-refractivity contribution in [2.45, 2.75) is 39.3 Å². The van der Waals surface area contributed by atoms with Crippen LogP contribution in [0.1, 0.15) is 47.9 Å². The smallest absolute Gasteiger partial charge is 0.257 e. The van der Waals surface area contributed by atoms with Crippen molar-refractivity contribution in [2.24, 2.45) is 5.92 Å². The highest BCUT2D eigenvalue weighted by atomic mass is 19.1. The van der Waals surface area contributed by atoms with Gasteiger partial charge in [0.05, 0.1) is 11.7 Å². The fraction of sp³-hybridized carbons (Fsp3) is 0.481. The van der Waals surface area contributed by atoms with E-state index in [9.17, 15) is 14.0 Å². The summed E-state index contributed by atoms with van der Waals surface area (Å²) in [6, 6.07) is 10.6. The number of methoxy groups -OCH3 is 1. The summed E-state index contributed by atoms with van der Waals surface area (Å²) < 4.78 is 25.5. The minimum absolute atomic E-state index is 0.107. The van der Waals surface area contributed by atoms with Gasteiger partial charge >= 0.3 is 0 Å². The number of benzene rings is 2. The van der Waals surface area contributed by atoms with E-state index in [0.717, 1.165) is 19.5 Å². The van der Waals surface area contributed by atoms with Crippen molar-refractivity contribution in [1.82, 2.24) is 9.80 Å². The molecular formula is C27H36FN3O4. The van der Waals surface area contributed by atoms with E-state index >= 15 is 0 Å².